The smallest absolute Gasteiger partial charge is 0.309 e. The van der Waals surface area contributed by atoms with Gasteiger partial charge in [-0.15, -0.1) is 0 Å². The molecule has 0 heterocycles. The van der Waals surface area contributed by atoms with Crippen molar-refractivity contribution >= 4 is 29.7 Å². The van der Waals surface area contributed by atoms with Crippen LogP contribution in [0.5, 0.6) is 0 Å². The molecule has 0 fully saturated rings. The first-order valence-electron chi connectivity index (χ1n) is 21.6. The van der Waals surface area contributed by atoms with E-state index in [4.69, 9.17) is 29.4 Å². The Morgan fingerprint density at radius 3 is 1.34 bits per heavy atom. The molecule has 61 heavy (non-hydrogen) atoms. The lowest BCUT2D eigenvalue weighted by atomic mass is 9.87. The molecule has 354 valence electrons. The van der Waals surface area contributed by atoms with Crippen molar-refractivity contribution in [2.75, 3.05) is 28.3 Å². The summed E-state index contributed by atoms with van der Waals surface area (Å²) < 4.78 is 27.7. The Morgan fingerprint density at radius 1 is 0.623 bits per heavy atom. The third-order valence-corrected chi connectivity index (χ3v) is 10.7. The number of ether oxygens (including phenoxy) is 5. The van der Waals surface area contributed by atoms with Gasteiger partial charge in [0.2, 0.25) is 11.8 Å². The first-order valence-corrected chi connectivity index (χ1v) is 21.6. The lowest BCUT2D eigenvalue weighted by molar-refractivity contribution is -0.162. The van der Waals surface area contributed by atoms with Crippen molar-refractivity contribution in [3.05, 3.63) is 35.9 Å². The van der Waals surface area contributed by atoms with Gasteiger partial charge in [-0.1, -0.05) is 106 Å². The highest BCUT2D eigenvalue weighted by atomic mass is 16.6. The Morgan fingerprint density at radius 2 is 1.02 bits per heavy atom. The average Bonchev–Trinajstić information content (AvgIpc) is 3.16. The second-order valence-corrected chi connectivity index (χ2v) is 18.8. The fourth-order valence-electron chi connectivity index (χ4n) is 6.92. The van der Waals surface area contributed by atoms with Gasteiger partial charge in [0.25, 0.3) is 0 Å². The van der Waals surface area contributed by atoms with E-state index in [2.05, 4.69) is 13.8 Å². The summed E-state index contributed by atoms with van der Waals surface area (Å²) in [5, 5.41) is 0. The number of carbonyl (C=O) groups is 5. The van der Waals surface area contributed by atoms with Crippen molar-refractivity contribution in [1.82, 2.24) is 9.80 Å². The van der Waals surface area contributed by atoms with Crippen molar-refractivity contribution in [3.8, 4) is 0 Å². The van der Waals surface area contributed by atoms with Crippen LogP contribution in [0.4, 0.5) is 0 Å². The number of methoxy groups -OCH3 is 2. The Kier molecular flexibility index (Phi) is 27.5. The molecule has 0 aromatic heterocycles. The Labute approximate surface area is 370 Å². The highest BCUT2D eigenvalue weighted by Crippen LogP contribution is 2.28. The highest BCUT2D eigenvalue weighted by molar-refractivity contribution is 5.84. The molecule has 0 saturated heterocycles. The third kappa shape index (κ3) is 21.9. The van der Waals surface area contributed by atoms with E-state index in [-0.39, 0.29) is 92.8 Å². The summed E-state index contributed by atoms with van der Waals surface area (Å²) in [5.74, 6) is -1.77. The molecule has 13 heteroatoms. The molecule has 1 aromatic carbocycles. The van der Waals surface area contributed by atoms with Gasteiger partial charge in [0.1, 0.15) is 17.8 Å². The van der Waals surface area contributed by atoms with E-state index >= 15 is 0 Å². The number of likely N-dealkylation sites (N-methyl/N-ethyl adjacent to an activating group) is 2. The van der Waals surface area contributed by atoms with Crippen LogP contribution in [0.3, 0.4) is 0 Å². The lowest BCUT2D eigenvalue weighted by Crippen LogP contribution is -2.55. The van der Waals surface area contributed by atoms with Gasteiger partial charge in [-0.25, -0.2) is 0 Å². The van der Waals surface area contributed by atoms with E-state index < -0.39 is 41.3 Å². The predicted molar refractivity (Wildman–Crippen MR) is 243 cm³/mol. The Hall–Kier alpha value is -3.55. The molecule has 2 N–H and O–H groups in total. The van der Waals surface area contributed by atoms with E-state index in [0.29, 0.717) is 0 Å². The van der Waals surface area contributed by atoms with Crippen molar-refractivity contribution in [3.63, 3.8) is 0 Å². The monoisotopic (exact) mass is 866 g/mol. The number of esters is 3. The summed E-state index contributed by atoms with van der Waals surface area (Å²) in [6.45, 7) is 27.0. The molecule has 0 aliphatic rings. The van der Waals surface area contributed by atoms with Crippen LogP contribution in [0.2, 0.25) is 0 Å². The maximum atomic E-state index is 13.6. The summed E-state index contributed by atoms with van der Waals surface area (Å²) in [6.07, 6.45) is 0.785. The summed E-state index contributed by atoms with van der Waals surface area (Å²) >= 11 is 0. The van der Waals surface area contributed by atoms with E-state index in [1.807, 2.05) is 113 Å². The van der Waals surface area contributed by atoms with E-state index in [1.54, 1.807) is 38.1 Å². The van der Waals surface area contributed by atoms with Crippen LogP contribution in [0.15, 0.2) is 30.3 Å². The van der Waals surface area contributed by atoms with Crippen LogP contribution in [0, 0.1) is 29.6 Å². The maximum Gasteiger partial charge on any atom is 0.309 e. The molecule has 2 amide bonds. The van der Waals surface area contributed by atoms with Gasteiger partial charge in [0.05, 0.1) is 55.5 Å². The average molecular weight is 866 g/mol. The van der Waals surface area contributed by atoms with Gasteiger partial charge in [-0.3, -0.25) is 24.0 Å². The molecule has 8 atom stereocenters. The Bertz CT molecular complexity index is 1440. The number of amides is 2. The van der Waals surface area contributed by atoms with Gasteiger partial charge in [-0.2, -0.15) is 0 Å². The van der Waals surface area contributed by atoms with Gasteiger partial charge >= 0.3 is 17.9 Å². The maximum absolute atomic E-state index is 13.6. The molecule has 0 radical (unpaired) electrons. The van der Waals surface area contributed by atoms with Gasteiger partial charge in [-0.05, 0) is 70.8 Å². The van der Waals surface area contributed by atoms with Gasteiger partial charge in [0.15, 0.2) is 0 Å². The quantitative estimate of drug-likeness (QED) is 0.0882. The van der Waals surface area contributed by atoms with E-state index in [0.717, 1.165) is 18.4 Å². The molecule has 0 spiro atoms. The lowest BCUT2D eigenvalue weighted by Gasteiger charge is -2.39. The van der Waals surface area contributed by atoms with Gasteiger partial charge in [0, 0.05) is 28.3 Å². The Balaban J connectivity index is 0. The summed E-state index contributed by atoms with van der Waals surface area (Å²) in [5.41, 5.74) is 5.78. The molecular weight excluding hydrogens is 779 g/mol. The minimum absolute atomic E-state index is 0. The van der Waals surface area contributed by atoms with Crippen LogP contribution >= 0.6 is 0 Å². The minimum Gasteiger partial charge on any atom is -0.461 e. The first-order chi connectivity index (χ1) is 27.7. The van der Waals surface area contributed by atoms with Crippen LogP contribution in [-0.4, -0.2) is 109 Å². The van der Waals surface area contributed by atoms with Crippen molar-refractivity contribution in [1.29, 1.82) is 0 Å². The molecule has 1 rings (SSSR count). The largest absolute Gasteiger partial charge is 0.461 e. The van der Waals surface area contributed by atoms with Crippen LogP contribution in [0.25, 0.3) is 0 Å². The molecule has 0 saturated carbocycles. The molecule has 0 bridgehead atoms. The zero-order valence-electron chi connectivity index (χ0n) is 40.5. The second-order valence-electron chi connectivity index (χ2n) is 18.8. The van der Waals surface area contributed by atoms with Crippen LogP contribution < -0.4 is 5.73 Å². The topological polar surface area (TPSA) is 164 Å². The third-order valence-electron chi connectivity index (χ3n) is 10.7. The standard InChI is InChI=1S/C28H45NO6.C19H38N2O4.CH4/c1-10-20(4)26(23(33-9)17-25(31)35-28(5,6)7)29(8)27(32)22(19(2)3)16-24(30)34-18-21-14-12-11-13-15-21;1-10-13(4)17(21(8)18(23)16(20)12(2)3)14(24-9)11-15(22)25-19(5,6)7;/h11-15,19-20,22-23,26H,10,16-18H2,1-9H3;12-14,16-17H,10-11,20H2,1-9H3;1H4/t20-,22-,23+,26-;13-,14+,16-,17-;/m00./s1. The molecule has 1 aromatic rings. The number of carbonyl (C=O) groups excluding carboxylic acids is 5. The summed E-state index contributed by atoms with van der Waals surface area (Å²) in [7, 11) is 6.57. The number of nitrogens with two attached hydrogens (primary N) is 1. The van der Waals surface area contributed by atoms with Crippen molar-refractivity contribution in [2.24, 2.45) is 35.3 Å². The minimum atomic E-state index is -0.605. The van der Waals surface area contributed by atoms with Crippen molar-refractivity contribution < 1.29 is 47.7 Å². The van der Waals surface area contributed by atoms with Crippen LogP contribution in [0.1, 0.15) is 142 Å². The second kappa shape index (κ2) is 28.2. The fourth-order valence-corrected chi connectivity index (χ4v) is 6.92. The van der Waals surface area contributed by atoms with Crippen molar-refractivity contribution in [2.45, 2.75) is 185 Å². The molecule has 0 aliphatic heterocycles. The normalized spacial score (nSPS) is 15.6. The molecule has 0 aliphatic carbocycles. The SMILES string of the molecule is C.CC[C@H](C)[C@@H]([C@@H](CC(=O)OC(C)(C)C)OC)N(C)C(=O)[C@@H](CC(=O)OCc1ccccc1)C(C)C.CC[C@H](C)[C@@H]([C@@H](CC(=O)OC(C)(C)C)OC)N(C)C(=O)[C@@H](N)C(C)C. The fraction of sp³-hybridized carbons (Fsp3) is 0.771. The number of nitrogens with zero attached hydrogens (tertiary/aromatic N) is 2. The number of hydrogen-bond donors (Lipinski definition) is 1. The van der Waals surface area contributed by atoms with E-state index in [1.165, 1.54) is 0 Å². The zero-order chi connectivity index (χ0) is 46.7. The molecular formula is C48H87N3O10. The summed E-state index contributed by atoms with van der Waals surface area (Å²) in [6, 6.07) is 8.27. The zero-order valence-corrected chi connectivity index (χ0v) is 40.5. The highest BCUT2D eigenvalue weighted by Gasteiger charge is 2.39. The predicted octanol–water partition coefficient (Wildman–Crippen LogP) is 8.24. The van der Waals surface area contributed by atoms with Crippen LogP contribution in [-0.2, 0) is 54.3 Å². The molecule has 13 nitrogen and oxygen atoms in total. The number of benzene rings is 1. The summed E-state index contributed by atoms with van der Waals surface area (Å²) in [4.78, 5) is 67.1. The number of hydrogen-bond acceptors (Lipinski definition) is 11. The van der Waals surface area contributed by atoms with Gasteiger partial charge < -0.3 is 39.2 Å². The molecule has 0 unspecified atom stereocenters. The first kappa shape index (κ1) is 59.5. The number of rotatable bonds is 22. The van der Waals surface area contributed by atoms with E-state index in [9.17, 15) is 24.0 Å².